The molecule has 2 amide bonds. The molecule has 0 saturated carbocycles. The van der Waals surface area contributed by atoms with Gasteiger partial charge in [-0.1, -0.05) is 0 Å². The molecule has 0 spiro atoms. The number of likely N-dealkylation sites (tertiary alicyclic amines) is 1. The predicted molar refractivity (Wildman–Crippen MR) is 107 cm³/mol. The van der Waals surface area contributed by atoms with E-state index in [4.69, 9.17) is 9.40 Å². The molecule has 0 aromatic carbocycles. The highest BCUT2D eigenvalue weighted by Crippen LogP contribution is 2.32. The van der Waals surface area contributed by atoms with Gasteiger partial charge in [0.25, 0.3) is 0 Å². The molecule has 5 heterocycles. The first-order valence-corrected chi connectivity index (χ1v) is 10.1. The van der Waals surface area contributed by atoms with E-state index in [-0.39, 0.29) is 12.1 Å². The van der Waals surface area contributed by atoms with Crippen molar-refractivity contribution >= 4 is 28.5 Å². The zero-order chi connectivity index (χ0) is 18.9. The molecule has 4 aromatic heterocycles. The summed E-state index contributed by atoms with van der Waals surface area (Å²) >= 11 is 1.65. The van der Waals surface area contributed by atoms with Crippen molar-refractivity contribution < 1.29 is 9.21 Å². The van der Waals surface area contributed by atoms with Crippen LogP contribution in [0.3, 0.4) is 0 Å². The first kappa shape index (κ1) is 17.0. The molecule has 5 rings (SSSR count). The van der Waals surface area contributed by atoms with Gasteiger partial charge in [-0.2, -0.15) is 11.3 Å². The van der Waals surface area contributed by atoms with Crippen LogP contribution < -0.4 is 5.32 Å². The molecule has 0 bridgehead atoms. The normalized spacial score (nSPS) is 16.7. The number of thiophene rings is 1. The molecule has 142 valence electrons. The Bertz CT molecular complexity index is 1090. The fraction of sp³-hybridized carbons (Fsp3) is 0.250. The number of carbonyl (C=O) groups is 1. The average molecular weight is 393 g/mol. The maximum absolute atomic E-state index is 12.6. The third kappa shape index (κ3) is 3.05. The van der Waals surface area contributed by atoms with Crippen molar-refractivity contribution in [3.63, 3.8) is 0 Å². The molecule has 1 atom stereocenters. The molecule has 1 fully saturated rings. The lowest BCUT2D eigenvalue weighted by Gasteiger charge is -2.19. The highest BCUT2D eigenvalue weighted by Gasteiger charge is 2.30. The van der Waals surface area contributed by atoms with Crippen molar-refractivity contribution in [1.82, 2.24) is 24.8 Å². The molecule has 7 nitrogen and oxygen atoms in total. The van der Waals surface area contributed by atoms with Crippen LogP contribution in [0.25, 0.3) is 22.6 Å². The number of aromatic nitrogens is 3. The number of nitrogens with zero attached hydrogens (tertiary/aromatic N) is 4. The number of fused-ring (bicyclic) bond motifs is 1. The van der Waals surface area contributed by atoms with Crippen molar-refractivity contribution in [3.8, 4) is 11.4 Å². The fourth-order valence-corrected chi connectivity index (χ4v) is 4.33. The van der Waals surface area contributed by atoms with Crippen LogP contribution in [0.1, 0.15) is 18.2 Å². The summed E-state index contributed by atoms with van der Waals surface area (Å²) < 4.78 is 7.47. The molecule has 1 aliphatic rings. The molecule has 4 aromatic rings. The number of hydrogen-bond donors (Lipinski definition) is 1. The minimum absolute atomic E-state index is 0.0756. The van der Waals surface area contributed by atoms with Crippen molar-refractivity contribution in [1.29, 1.82) is 0 Å². The van der Waals surface area contributed by atoms with E-state index in [0.29, 0.717) is 19.6 Å². The maximum atomic E-state index is 12.6. The summed E-state index contributed by atoms with van der Waals surface area (Å²) in [5.74, 6) is 1.66. The van der Waals surface area contributed by atoms with Gasteiger partial charge in [-0.15, -0.1) is 0 Å². The molecule has 0 radical (unpaired) electrons. The third-order valence-corrected chi connectivity index (χ3v) is 5.72. The van der Waals surface area contributed by atoms with Gasteiger partial charge in [-0.3, -0.25) is 0 Å². The summed E-state index contributed by atoms with van der Waals surface area (Å²) in [6.07, 6.45) is 4.27. The largest absolute Gasteiger partial charge is 0.467 e. The second-order valence-electron chi connectivity index (χ2n) is 6.79. The minimum Gasteiger partial charge on any atom is -0.467 e. The molecule has 8 heteroatoms. The van der Waals surface area contributed by atoms with Crippen molar-refractivity contribution in [2.45, 2.75) is 19.0 Å². The Labute approximate surface area is 165 Å². The monoisotopic (exact) mass is 393 g/mol. The topological polar surface area (TPSA) is 76.2 Å². The van der Waals surface area contributed by atoms with Crippen LogP contribution in [0.2, 0.25) is 0 Å². The molecular weight excluding hydrogens is 374 g/mol. The van der Waals surface area contributed by atoms with Gasteiger partial charge in [0.1, 0.15) is 17.1 Å². The lowest BCUT2D eigenvalue weighted by atomic mass is 10.2. The molecule has 1 N–H and O–H groups in total. The predicted octanol–water partition coefficient (Wildman–Crippen LogP) is 3.91. The number of pyridine rings is 1. The molecule has 1 saturated heterocycles. The Balaban J connectivity index is 1.39. The van der Waals surface area contributed by atoms with Crippen LogP contribution >= 0.6 is 11.3 Å². The van der Waals surface area contributed by atoms with Crippen LogP contribution in [-0.2, 0) is 6.54 Å². The smallest absolute Gasteiger partial charge is 0.317 e. The standard InChI is InChI=1S/C20H19N5O2S/c26-20(22-11-16-3-2-9-27-16)24-8-5-15(12-24)25-18(14-6-10-28-13-14)23-17-4-1-7-21-19(17)25/h1-4,6-7,9-10,13,15H,5,8,11-12H2,(H,22,26)/t15-/m1/s1. The number of hydrogen-bond acceptors (Lipinski definition) is 5. The number of rotatable bonds is 4. The number of urea groups is 1. The Hall–Kier alpha value is -3.13. The first-order valence-electron chi connectivity index (χ1n) is 9.20. The SMILES string of the molecule is O=C(NCc1ccco1)N1CC[C@@H](n2c(-c3ccsc3)nc3cccnc32)C1. The van der Waals surface area contributed by atoms with E-state index in [2.05, 4.69) is 31.7 Å². The summed E-state index contributed by atoms with van der Waals surface area (Å²) in [6, 6.07) is 9.69. The van der Waals surface area contributed by atoms with Crippen LogP contribution in [0.4, 0.5) is 4.79 Å². The second-order valence-corrected chi connectivity index (χ2v) is 7.57. The van der Waals surface area contributed by atoms with Gasteiger partial charge in [0, 0.05) is 30.2 Å². The molecular formula is C20H19N5O2S. The summed E-state index contributed by atoms with van der Waals surface area (Å²) in [5.41, 5.74) is 2.83. The number of amides is 2. The second kappa shape index (κ2) is 7.12. The van der Waals surface area contributed by atoms with Crippen LogP contribution in [0.5, 0.6) is 0 Å². The van der Waals surface area contributed by atoms with E-state index in [1.165, 1.54) is 0 Å². The average Bonchev–Trinajstić information content (AvgIpc) is 3.51. The minimum atomic E-state index is -0.0756. The van der Waals surface area contributed by atoms with Gasteiger partial charge >= 0.3 is 6.03 Å². The maximum Gasteiger partial charge on any atom is 0.317 e. The van der Waals surface area contributed by atoms with E-state index in [1.807, 2.05) is 29.2 Å². The first-order chi connectivity index (χ1) is 13.8. The van der Waals surface area contributed by atoms with Crippen LogP contribution in [-0.4, -0.2) is 38.6 Å². The number of imidazole rings is 1. The van der Waals surface area contributed by atoms with E-state index in [9.17, 15) is 4.79 Å². The molecule has 28 heavy (non-hydrogen) atoms. The fourth-order valence-electron chi connectivity index (χ4n) is 3.70. The highest BCUT2D eigenvalue weighted by atomic mass is 32.1. The van der Waals surface area contributed by atoms with E-state index >= 15 is 0 Å². The van der Waals surface area contributed by atoms with E-state index in [0.717, 1.165) is 34.7 Å². The van der Waals surface area contributed by atoms with Gasteiger partial charge in [0.2, 0.25) is 0 Å². The Morgan fingerprint density at radius 1 is 1.32 bits per heavy atom. The summed E-state index contributed by atoms with van der Waals surface area (Å²) in [4.78, 5) is 23.8. The zero-order valence-corrected chi connectivity index (χ0v) is 15.9. The Kier molecular flexibility index (Phi) is 4.32. The van der Waals surface area contributed by atoms with Crippen molar-refractivity contribution in [2.24, 2.45) is 0 Å². The Morgan fingerprint density at radius 2 is 2.29 bits per heavy atom. The van der Waals surface area contributed by atoms with Crippen LogP contribution in [0, 0.1) is 0 Å². The summed E-state index contributed by atoms with van der Waals surface area (Å²) in [5, 5.41) is 7.08. The van der Waals surface area contributed by atoms with Crippen molar-refractivity contribution in [3.05, 3.63) is 59.3 Å². The lowest BCUT2D eigenvalue weighted by Crippen LogP contribution is -2.38. The quantitative estimate of drug-likeness (QED) is 0.570. The van der Waals surface area contributed by atoms with Crippen molar-refractivity contribution in [2.75, 3.05) is 13.1 Å². The third-order valence-electron chi connectivity index (χ3n) is 5.04. The van der Waals surface area contributed by atoms with E-state index < -0.39 is 0 Å². The lowest BCUT2D eigenvalue weighted by molar-refractivity contribution is 0.206. The van der Waals surface area contributed by atoms with Gasteiger partial charge in [0.15, 0.2) is 5.65 Å². The van der Waals surface area contributed by atoms with Gasteiger partial charge < -0.3 is 19.2 Å². The zero-order valence-electron chi connectivity index (χ0n) is 15.1. The van der Waals surface area contributed by atoms with Gasteiger partial charge in [0.05, 0.1) is 18.8 Å². The molecule has 0 aliphatic carbocycles. The highest BCUT2D eigenvalue weighted by molar-refractivity contribution is 7.08. The van der Waals surface area contributed by atoms with Crippen LogP contribution in [0.15, 0.2) is 58.0 Å². The van der Waals surface area contributed by atoms with Gasteiger partial charge in [-0.05, 0) is 42.1 Å². The van der Waals surface area contributed by atoms with Gasteiger partial charge in [-0.25, -0.2) is 14.8 Å². The number of nitrogens with one attached hydrogen (secondary N) is 1. The molecule has 0 unspecified atom stereocenters. The molecule has 1 aliphatic heterocycles. The van der Waals surface area contributed by atoms with E-state index in [1.54, 1.807) is 23.8 Å². The summed E-state index contributed by atoms with van der Waals surface area (Å²) in [6.45, 7) is 1.72. The number of carbonyl (C=O) groups excluding carboxylic acids is 1. The Morgan fingerprint density at radius 3 is 3.11 bits per heavy atom. The summed E-state index contributed by atoms with van der Waals surface area (Å²) in [7, 11) is 0. The number of furan rings is 1.